The Morgan fingerprint density at radius 1 is 0.947 bits per heavy atom. The maximum absolute atomic E-state index is 13.1. The van der Waals surface area contributed by atoms with Crippen molar-refractivity contribution in [2.24, 2.45) is 22.7 Å². The van der Waals surface area contributed by atoms with Gasteiger partial charge in [-0.25, -0.2) is 4.79 Å². The standard InChI is InChI=1S/C30H27Cl2N5O/c1-29(2,3)19-6-13-23-24(14-19)26(18-4-7-20(31)8-5-18)30(16-34,17-35)27(25(23)15-33)37-28(38)36-22-11-9-21(32)10-12-22/h4-5,7-13,19,24,26H,6,14H2,1-3H3,(H2,36,37,38)/t19-,24-,26-/m0/s1. The Labute approximate surface area is 233 Å². The molecule has 4 rings (SSSR count). The molecule has 0 bridgehead atoms. The SMILES string of the molecule is CC(C)(C)[C@H]1CC=C2C(C#N)=C(NC(=O)Nc3ccc(Cl)cc3)C(C#N)(C#N)[C@@H](c3ccc(Cl)cc3)[C@H]2C1. The van der Waals surface area contributed by atoms with E-state index in [1.807, 2.05) is 18.2 Å². The minimum atomic E-state index is -1.82. The van der Waals surface area contributed by atoms with Gasteiger partial charge in [0.1, 0.15) is 6.07 Å². The molecule has 0 heterocycles. The fraction of sp³-hybridized carbons (Fsp3) is 0.333. The summed E-state index contributed by atoms with van der Waals surface area (Å²) in [7, 11) is 0. The summed E-state index contributed by atoms with van der Waals surface area (Å²) in [5, 5.41) is 38.0. The normalized spacial score (nSPS) is 22.2. The first kappa shape index (κ1) is 27.3. The van der Waals surface area contributed by atoms with Gasteiger partial charge in [0.25, 0.3) is 0 Å². The van der Waals surface area contributed by atoms with E-state index in [4.69, 9.17) is 23.2 Å². The van der Waals surface area contributed by atoms with E-state index in [0.29, 0.717) is 22.2 Å². The number of urea groups is 1. The number of nitrogens with one attached hydrogen (secondary N) is 2. The monoisotopic (exact) mass is 543 g/mol. The van der Waals surface area contributed by atoms with E-state index in [0.717, 1.165) is 17.6 Å². The van der Waals surface area contributed by atoms with E-state index in [9.17, 15) is 20.6 Å². The van der Waals surface area contributed by atoms with Gasteiger partial charge in [0.15, 0.2) is 5.41 Å². The summed E-state index contributed by atoms with van der Waals surface area (Å²) in [6.45, 7) is 6.52. The number of allylic oxidation sites excluding steroid dienone is 4. The minimum absolute atomic E-state index is 0.00637. The number of carbonyl (C=O) groups is 1. The van der Waals surface area contributed by atoms with Crippen LogP contribution in [0.15, 0.2) is 71.5 Å². The Morgan fingerprint density at radius 3 is 2.05 bits per heavy atom. The molecule has 2 N–H and O–H groups in total. The van der Waals surface area contributed by atoms with Crippen molar-refractivity contribution >= 4 is 34.9 Å². The van der Waals surface area contributed by atoms with Crippen molar-refractivity contribution < 1.29 is 4.79 Å². The highest BCUT2D eigenvalue weighted by Gasteiger charge is 2.56. The van der Waals surface area contributed by atoms with Gasteiger partial charge in [0, 0.05) is 21.7 Å². The Balaban J connectivity index is 1.88. The third-order valence-corrected chi connectivity index (χ3v) is 8.13. The Morgan fingerprint density at radius 2 is 1.53 bits per heavy atom. The molecule has 0 saturated carbocycles. The van der Waals surface area contributed by atoms with Gasteiger partial charge in [-0.05, 0) is 77.6 Å². The summed E-state index contributed by atoms with van der Waals surface area (Å²) in [5.74, 6) is -0.620. The second kappa shape index (κ2) is 10.5. The zero-order valence-electron chi connectivity index (χ0n) is 21.3. The first-order valence-corrected chi connectivity index (χ1v) is 13.1. The fourth-order valence-corrected chi connectivity index (χ4v) is 5.83. The molecular weight excluding hydrogens is 517 g/mol. The van der Waals surface area contributed by atoms with Crippen molar-refractivity contribution in [3.8, 4) is 18.2 Å². The maximum Gasteiger partial charge on any atom is 0.323 e. The van der Waals surface area contributed by atoms with Gasteiger partial charge in [0.05, 0.1) is 23.4 Å². The average molecular weight is 544 g/mol. The van der Waals surface area contributed by atoms with E-state index in [1.165, 1.54) is 0 Å². The first-order valence-electron chi connectivity index (χ1n) is 12.3. The third-order valence-electron chi connectivity index (χ3n) is 7.62. The quantitative estimate of drug-likeness (QED) is 0.412. The van der Waals surface area contributed by atoms with Gasteiger partial charge < -0.3 is 10.6 Å². The van der Waals surface area contributed by atoms with Crippen molar-refractivity contribution in [3.63, 3.8) is 0 Å². The molecule has 0 fully saturated rings. The summed E-state index contributed by atoms with van der Waals surface area (Å²) in [6, 6.07) is 19.6. The molecule has 2 aromatic carbocycles. The molecule has 38 heavy (non-hydrogen) atoms. The third kappa shape index (κ3) is 5.01. The summed E-state index contributed by atoms with van der Waals surface area (Å²) >= 11 is 12.1. The fourth-order valence-electron chi connectivity index (χ4n) is 5.58. The van der Waals surface area contributed by atoms with E-state index in [2.05, 4.69) is 49.6 Å². The lowest BCUT2D eigenvalue weighted by Crippen LogP contribution is -2.47. The van der Waals surface area contributed by atoms with E-state index in [-0.39, 0.29) is 28.5 Å². The van der Waals surface area contributed by atoms with Crippen LogP contribution in [0.4, 0.5) is 10.5 Å². The highest BCUT2D eigenvalue weighted by Crippen LogP contribution is 2.58. The molecule has 2 amide bonds. The van der Waals surface area contributed by atoms with E-state index in [1.54, 1.807) is 36.4 Å². The molecule has 0 saturated heterocycles. The predicted molar refractivity (Wildman–Crippen MR) is 148 cm³/mol. The number of fused-ring (bicyclic) bond motifs is 1. The average Bonchev–Trinajstić information content (AvgIpc) is 2.89. The largest absolute Gasteiger partial charge is 0.323 e. The van der Waals surface area contributed by atoms with Crippen molar-refractivity contribution in [3.05, 3.63) is 87.1 Å². The zero-order valence-corrected chi connectivity index (χ0v) is 22.9. The van der Waals surface area contributed by atoms with Crippen molar-refractivity contribution in [1.29, 1.82) is 15.8 Å². The number of amides is 2. The van der Waals surface area contributed by atoms with E-state index >= 15 is 0 Å². The molecule has 2 aliphatic rings. The second-order valence-electron chi connectivity index (χ2n) is 10.8. The summed E-state index contributed by atoms with van der Waals surface area (Å²) in [6.07, 6.45) is 3.50. The highest BCUT2D eigenvalue weighted by atomic mass is 35.5. The molecule has 6 nitrogen and oxygen atoms in total. The van der Waals surface area contributed by atoms with Crippen LogP contribution < -0.4 is 10.6 Å². The van der Waals surface area contributed by atoms with Crippen LogP contribution in [0.25, 0.3) is 0 Å². The van der Waals surface area contributed by atoms with Crippen LogP contribution >= 0.6 is 23.2 Å². The van der Waals surface area contributed by atoms with Gasteiger partial charge in [-0.15, -0.1) is 0 Å². The molecule has 2 aliphatic carbocycles. The molecule has 0 spiro atoms. The highest BCUT2D eigenvalue weighted by molar-refractivity contribution is 6.30. The number of hydrogen-bond donors (Lipinski definition) is 2. The van der Waals surface area contributed by atoms with Crippen LogP contribution in [0.3, 0.4) is 0 Å². The Hall–Kier alpha value is -3.76. The number of nitriles is 3. The summed E-state index contributed by atoms with van der Waals surface area (Å²) in [4.78, 5) is 13.1. The molecule has 0 aromatic heterocycles. The summed E-state index contributed by atoms with van der Waals surface area (Å²) in [5.41, 5.74) is 0.307. The molecule has 0 aliphatic heterocycles. The lowest BCUT2D eigenvalue weighted by molar-refractivity contribution is 0.169. The van der Waals surface area contributed by atoms with Gasteiger partial charge in [-0.2, -0.15) is 15.8 Å². The Kier molecular flexibility index (Phi) is 7.57. The molecular formula is C30H27Cl2N5O. The van der Waals surface area contributed by atoms with Crippen LogP contribution in [0, 0.1) is 56.7 Å². The first-order chi connectivity index (χ1) is 18.0. The van der Waals surface area contributed by atoms with Crippen LogP contribution in [0.2, 0.25) is 10.0 Å². The molecule has 2 aromatic rings. The topological polar surface area (TPSA) is 112 Å². The van der Waals surface area contributed by atoms with Gasteiger partial charge >= 0.3 is 6.03 Å². The van der Waals surface area contributed by atoms with Gasteiger partial charge in [-0.1, -0.05) is 62.2 Å². The van der Waals surface area contributed by atoms with Crippen molar-refractivity contribution in [2.75, 3.05) is 5.32 Å². The van der Waals surface area contributed by atoms with Crippen molar-refractivity contribution in [2.45, 2.75) is 39.5 Å². The molecule has 0 radical (unpaired) electrons. The molecule has 0 unspecified atom stereocenters. The number of hydrogen-bond acceptors (Lipinski definition) is 4. The molecule has 192 valence electrons. The maximum atomic E-state index is 13.1. The van der Waals surface area contributed by atoms with Crippen LogP contribution in [-0.2, 0) is 0 Å². The van der Waals surface area contributed by atoms with Crippen LogP contribution in [-0.4, -0.2) is 6.03 Å². The number of rotatable bonds is 3. The summed E-state index contributed by atoms with van der Waals surface area (Å²) < 4.78 is 0. The van der Waals surface area contributed by atoms with Gasteiger partial charge in [-0.3, -0.25) is 0 Å². The lowest BCUT2D eigenvalue weighted by Gasteiger charge is -2.47. The van der Waals surface area contributed by atoms with Crippen LogP contribution in [0.5, 0.6) is 0 Å². The number of halogens is 2. The predicted octanol–water partition coefficient (Wildman–Crippen LogP) is 7.72. The van der Waals surface area contributed by atoms with Crippen LogP contribution in [0.1, 0.15) is 45.1 Å². The van der Waals surface area contributed by atoms with Gasteiger partial charge in [0.2, 0.25) is 0 Å². The smallest absolute Gasteiger partial charge is 0.308 e. The number of benzene rings is 2. The van der Waals surface area contributed by atoms with Crippen molar-refractivity contribution in [1.82, 2.24) is 5.32 Å². The zero-order chi connectivity index (χ0) is 27.7. The van der Waals surface area contributed by atoms with E-state index < -0.39 is 17.4 Å². The molecule has 3 atom stereocenters. The lowest BCUT2D eigenvalue weighted by atomic mass is 9.54. The number of carbonyl (C=O) groups excluding carboxylic acids is 1. The number of anilines is 1. The Bertz CT molecular complexity index is 1420. The number of nitrogens with zero attached hydrogens (tertiary/aromatic N) is 3. The second-order valence-corrected chi connectivity index (χ2v) is 11.7. The minimum Gasteiger partial charge on any atom is -0.308 e. The molecule has 8 heteroatoms.